The number of ether oxygens (including phenoxy) is 1. The number of azide groups is 1. The first kappa shape index (κ1) is 14.8. The lowest BCUT2D eigenvalue weighted by Gasteiger charge is -2.19. The molecule has 2 unspecified atom stereocenters. The van der Waals surface area contributed by atoms with Crippen LogP contribution in [0, 0.1) is 0 Å². The van der Waals surface area contributed by atoms with Gasteiger partial charge in [0.15, 0.2) is 11.5 Å². The SMILES string of the molecule is COc1cc(C=O)cc(C(O)C(O)CN=[N+]=[N-])c1O. The lowest BCUT2D eigenvalue weighted by molar-refractivity contribution is 0.0228. The number of hydrogen-bond donors (Lipinski definition) is 3. The number of aromatic hydroxyl groups is 1. The highest BCUT2D eigenvalue weighted by Crippen LogP contribution is 2.36. The van der Waals surface area contributed by atoms with Gasteiger partial charge in [0.05, 0.1) is 19.8 Å². The molecular weight excluding hydrogens is 254 g/mol. The van der Waals surface area contributed by atoms with Gasteiger partial charge in [-0.3, -0.25) is 4.79 Å². The fraction of sp³-hybridized carbons (Fsp3) is 0.364. The molecule has 2 atom stereocenters. The Kier molecular flexibility index (Phi) is 5.13. The van der Waals surface area contributed by atoms with Gasteiger partial charge >= 0.3 is 0 Å². The first-order valence-corrected chi connectivity index (χ1v) is 5.28. The molecule has 102 valence electrons. The van der Waals surface area contributed by atoms with Crippen LogP contribution in [-0.2, 0) is 0 Å². The molecule has 0 spiro atoms. The van der Waals surface area contributed by atoms with Crippen molar-refractivity contribution in [1.29, 1.82) is 0 Å². The molecule has 0 aliphatic carbocycles. The van der Waals surface area contributed by atoms with E-state index in [1.165, 1.54) is 19.2 Å². The number of phenolic OH excluding ortho intramolecular Hbond substituents is 1. The average Bonchev–Trinajstić information content (AvgIpc) is 2.44. The predicted molar refractivity (Wildman–Crippen MR) is 65.0 cm³/mol. The summed E-state index contributed by atoms with van der Waals surface area (Å²) in [7, 11) is 1.29. The molecule has 8 heteroatoms. The lowest BCUT2D eigenvalue weighted by Crippen LogP contribution is -2.21. The lowest BCUT2D eigenvalue weighted by atomic mass is 10.0. The molecule has 1 aromatic carbocycles. The molecular formula is C11H13N3O5. The molecule has 0 saturated heterocycles. The number of carbonyl (C=O) groups excluding carboxylic acids is 1. The maximum Gasteiger partial charge on any atom is 0.163 e. The number of rotatable bonds is 6. The van der Waals surface area contributed by atoms with Gasteiger partial charge < -0.3 is 20.1 Å². The van der Waals surface area contributed by atoms with E-state index < -0.39 is 12.2 Å². The van der Waals surface area contributed by atoms with Crippen molar-refractivity contribution in [2.45, 2.75) is 12.2 Å². The van der Waals surface area contributed by atoms with Gasteiger partial charge in [-0.1, -0.05) is 5.11 Å². The second kappa shape index (κ2) is 6.60. The summed E-state index contributed by atoms with van der Waals surface area (Å²) in [6.45, 7) is -0.370. The van der Waals surface area contributed by atoms with E-state index in [0.29, 0.717) is 6.29 Å². The first-order chi connectivity index (χ1) is 9.04. The van der Waals surface area contributed by atoms with Gasteiger partial charge in [0, 0.05) is 16.0 Å². The van der Waals surface area contributed by atoms with Crippen LogP contribution < -0.4 is 4.74 Å². The van der Waals surface area contributed by atoms with Gasteiger partial charge in [-0.25, -0.2) is 0 Å². The number of methoxy groups -OCH3 is 1. The standard InChI is InChI=1S/C11H13N3O5/c1-19-9-3-6(5-15)2-7(11(9)18)10(17)8(16)4-13-14-12/h2-3,5,8,10,16-18H,4H2,1H3. The molecule has 0 bridgehead atoms. The van der Waals surface area contributed by atoms with Gasteiger partial charge in [-0.2, -0.15) is 0 Å². The Bertz CT molecular complexity index is 513. The third-order valence-electron chi connectivity index (χ3n) is 2.50. The number of aliphatic hydroxyl groups excluding tert-OH is 2. The highest BCUT2D eigenvalue weighted by Gasteiger charge is 2.23. The minimum absolute atomic E-state index is 0.00497. The number of aldehydes is 1. The zero-order valence-corrected chi connectivity index (χ0v) is 10.1. The topological polar surface area (TPSA) is 136 Å². The molecule has 0 radical (unpaired) electrons. The van der Waals surface area contributed by atoms with Gasteiger partial charge in [0.25, 0.3) is 0 Å². The second-order valence-corrected chi connectivity index (χ2v) is 3.70. The summed E-state index contributed by atoms with van der Waals surface area (Å²) in [5.41, 5.74) is 8.22. The van der Waals surface area contributed by atoms with Crippen molar-refractivity contribution < 1.29 is 24.9 Å². The molecule has 0 amide bonds. The van der Waals surface area contributed by atoms with Crippen LogP contribution in [0.15, 0.2) is 17.2 Å². The second-order valence-electron chi connectivity index (χ2n) is 3.70. The van der Waals surface area contributed by atoms with Gasteiger partial charge in [0.2, 0.25) is 0 Å². The van der Waals surface area contributed by atoms with Crippen LogP contribution in [0.2, 0.25) is 0 Å². The number of benzene rings is 1. The molecule has 3 N–H and O–H groups in total. The van der Waals surface area contributed by atoms with Crippen LogP contribution in [0.3, 0.4) is 0 Å². The number of phenols is 1. The van der Waals surface area contributed by atoms with Crippen LogP contribution >= 0.6 is 0 Å². The molecule has 1 rings (SSSR count). The monoisotopic (exact) mass is 267 g/mol. The summed E-state index contributed by atoms with van der Waals surface area (Å²) in [6.07, 6.45) is -2.41. The summed E-state index contributed by atoms with van der Waals surface area (Å²) in [5, 5.41) is 32.4. The molecule has 0 aliphatic rings. The third-order valence-corrected chi connectivity index (χ3v) is 2.50. The zero-order valence-electron chi connectivity index (χ0n) is 10.1. The van der Waals surface area contributed by atoms with Crippen LogP contribution in [0.1, 0.15) is 22.0 Å². The highest BCUT2D eigenvalue weighted by molar-refractivity contribution is 5.77. The van der Waals surface area contributed by atoms with E-state index in [4.69, 9.17) is 10.3 Å². The summed E-state index contributed by atoms with van der Waals surface area (Å²) in [6, 6.07) is 2.51. The van der Waals surface area contributed by atoms with Crippen LogP contribution in [0.5, 0.6) is 11.5 Å². The molecule has 0 heterocycles. The van der Waals surface area contributed by atoms with E-state index in [2.05, 4.69) is 10.0 Å². The van der Waals surface area contributed by atoms with Crippen molar-refractivity contribution in [2.75, 3.05) is 13.7 Å². The number of aliphatic hydroxyl groups is 2. The van der Waals surface area contributed by atoms with Crippen molar-refractivity contribution in [3.8, 4) is 11.5 Å². The van der Waals surface area contributed by atoms with E-state index in [9.17, 15) is 20.1 Å². The predicted octanol–water partition coefficient (Wildman–Crippen LogP) is 0.918. The van der Waals surface area contributed by atoms with E-state index in [1.807, 2.05) is 0 Å². The quantitative estimate of drug-likeness (QED) is 0.304. The van der Waals surface area contributed by atoms with E-state index >= 15 is 0 Å². The van der Waals surface area contributed by atoms with Crippen molar-refractivity contribution in [2.24, 2.45) is 5.11 Å². The molecule has 1 aromatic rings. The summed E-state index contributed by atoms with van der Waals surface area (Å²) >= 11 is 0. The normalized spacial score (nSPS) is 13.2. The highest BCUT2D eigenvalue weighted by atomic mass is 16.5. The largest absolute Gasteiger partial charge is 0.504 e. The summed E-state index contributed by atoms with van der Waals surface area (Å²) in [5.74, 6) is -0.393. The zero-order chi connectivity index (χ0) is 14.4. The minimum Gasteiger partial charge on any atom is -0.504 e. The van der Waals surface area contributed by atoms with Crippen LogP contribution in [0.4, 0.5) is 0 Å². The van der Waals surface area contributed by atoms with E-state index in [1.54, 1.807) is 0 Å². The maximum absolute atomic E-state index is 10.8. The Balaban J connectivity index is 3.17. The van der Waals surface area contributed by atoms with Gasteiger partial charge in [-0.15, -0.1) is 0 Å². The Morgan fingerprint density at radius 2 is 2.21 bits per heavy atom. The Hall–Kier alpha value is -2.28. The molecule has 0 saturated carbocycles. The molecule has 8 nitrogen and oxygen atoms in total. The molecule has 0 fully saturated rings. The number of carbonyl (C=O) groups is 1. The fourth-order valence-electron chi connectivity index (χ4n) is 1.53. The van der Waals surface area contributed by atoms with E-state index in [0.717, 1.165) is 0 Å². The molecule has 19 heavy (non-hydrogen) atoms. The number of nitrogens with zero attached hydrogens (tertiary/aromatic N) is 3. The van der Waals surface area contributed by atoms with Crippen molar-refractivity contribution in [3.63, 3.8) is 0 Å². The van der Waals surface area contributed by atoms with E-state index in [-0.39, 0.29) is 29.2 Å². The van der Waals surface area contributed by atoms with Gasteiger partial charge in [0.1, 0.15) is 12.4 Å². The van der Waals surface area contributed by atoms with Crippen molar-refractivity contribution >= 4 is 6.29 Å². The average molecular weight is 267 g/mol. The molecule has 0 aliphatic heterocycles. The summed E-state index contributed by atoms with van der Waals surface area (Å²) < 4.78 is 4.86. The fourth-order valence-corrected chi connectivity index (χ4v) is 1.53. The number of hydrogen-bond acceptors (Lipinski definition) is 6. The Labute approximate surface area is 108 Å². The third kappa shape index (κ3) is 3.35. The van der Waals surface area contributed by atoms with Crippen LogP contribution in [-0.4, -0.2) is 41.4 Å². The van der Waals surface area contributed by atoms with Crippen molar-refractivity contribution in [3.05, 3.63) is 33.7 Å². The van der Waals surface area contributed by atoms with Crippen LogP contribution in [0.25, 0.3) is 10.4 Å². The molecule has 0 aromatic heterocycles. The van der Waals surface area contributed by atoms with Crippen molar-refractivity contribution in [1.82, 2.24) is 0 Å². The maximum atomic E-state index is 10.8. The Morgan fingerprint density at radius 3 is 2.74 bits per heavy atom. The summed E-state index contributed by atoms with van der Waals surface area (Å²) in [4.78, 5) is 13.2. The van der Waals surface area contributed by atoms with Gasteiger partial charge in [-0.05, 0) is 17.7 Å². The smallest absolute Gasteiger partial charge is 0.163 e. The Morgan fingerprint density at radius 1 is 1.53 bits per heavy atom. The first-order valence-electron chi connectivity index (χ1n) is 5.28. The minimum atomic E-state index is -1.51.